The number of piperidine rings is 2. The number of carbonyl (C=O) groups excluding carboxylic acids is 1. The smallest absolute Gasteiger partial charge is 0.243 e. The molecule has 2 aliphatic heterocycles. The maximum Gasteiger partial charge on any atom is 0.243 e. The van der Waals surface area contributed by atoms with Crippen LogP contribution < -0.4 is 5.32 Å². The number of benzene rings is 2. The fourth-order valence-corrected chi connectivity index (χ4v) is 6.97. The molecule has 0 saturated carbocycles. The topological polar surface area (TPSA) is 109 Å². The maximum absolute atomic E-state index is 13.5. The van der Waals surface area contributed by atoms with Gasteiger partial charge in [0.15, 0.2) is 0 Å². The SMILES string of the molecule is Cc1nc(-c2ccc(C)c(S(=O)(=O)N3CCC(C(=O)Nc4ccc(CN5CCCCC5)cc4)CC3)c2)no1. The zero-order valence-corrected chi connectivity index (χ0v) is 22.8. The number of aromatic nitrogens is 2. The molecular weight excluding hydrogens is 502 g/mol. The maximum atomic E-state index is 13.5. The molecule has 1 amide bonds. The summed E-state index contributed by atoms with van der Waals surface area (Å²) in [6, 6.07) is 13.2. The summed E-state index contributed by atoms with van der Waals surface area (Å²) in [6.45, 7) is 7.29. The summed E-state index contributed by atoms with van der Waals surface area (Å²) in [4.78, 5) is 19.9. The number of hydrogen-bond donors (Lipinski definition) is 1. The zero-order chi connectivity index (χ0) is 26.7. The van der Waals surface area contributed by atoms with E-state index in [4.69, 9.17) is 4.52 Å². The van der Waals surface area contributed by atoms with Crippen molar-refractivity contribution in [1.82, 2.24) is 19.3 Å². The van der Waals surface area contributed by atoms with E-state index in [0.29, 0.717) is 48.8 Å². The average Bonchev–Trinajstić information content (AvgIpc) is 3.37. The monoisotopic (exact) mass is 537 g/mol. The molecule has 2 aliphatic rings. The van der Waals surface area contributed by atoms with Gasteiger partial charge in [0.25, 0.3) is 0 Å². The summed E-state index contributed by atoms with van der Waals surface area (Å²) in [5, 5.41) is 6.93. The van der Waals surface area contributed by atoms with Gasteiger partial charge in [-0.15, -0.1) is 0 Å². The number of nitrogens with one attached hydrogen (secondary N) is 1. The van der Waals surface area contributed by atoms with E-state index >= 15 is 0 Å². The van der Waals surface area contributed by atoms with Gasteiger partial charge in [0, 0.05) is 43.7 Å². The van der Waals surface area contributed by atoms with Crippen LogP contribution in [-0.4, -0.2) is 59.8 Å². The van der Waals surface area contributed by atoms with Crippen molar-refractivity contribution >= 4 is 21.6 Å². The van der Waals surface area contributed by atoms with Gasteiger partial charge in [0.05, 0.1) is 4.90 Å². The number of nitrogens with zero attached hydrogens (tertiary/aromatic N) is 4. The molecule has 2 aromatic carbocycles. The lowest BCUT2D eigenvalue weighted by Crippen LogP contribution is -2.41. The standard InChI is InChI=1S/C28H35N5O4S/c1-20-6-9-24(27-29-21(2)37-31-27)18-26(20)38(35,36)33-16-12-23(13-17-33)28(34)30-25-10-7-22(8-11-25)19-32-14-4-3-5-15-32/h6-11,18,23H,3-5,12-17,19H2,1-2H3,(H,30,34). The third kappa shape index (κ3) is 5.98. The van der Waals surface area contributed by atoms with E-state index < -0.39 is 10.0 Å². The first-order valence-electron chi connectivity index (χ1n) is 13.3. The Morgan fingerprint density at radius 1 is 1.00 bits per heavy atom. The summed E-state index contributed by atoms with van der Waals surface area (Å²) in [6.07, 6.45) is 4.79. The predicted molar refractivity (Wildman–Crippen MR) is 145 cm³/mol. The van der Waals surface area contributed by atoms with Crippen LogP contribution in [-0.2, 0) is 21.4 Å². The molecule has 5 rings (SSSR count). The number of hydrogen-bond acceptors (Lipinski definition) is 7. The van der Waals surface area contributed by atoms with E-state index in [1.165, 1.54) is 29.1 Å². The van der Waals surface area contributed by atoms with E-state index in [-0.39, 0.29) is 16.7 Å². The molecule has 0 atom stereocenters. The van der Waals surface area contributed by atoms with Crippen molar-refractivity contribution in [1.29, 1.82) is 0 Å². The number of likely N-dealkylation sites (tertiary alicyclic amines) is 1. The Morgan fingerprint density at radius 3 is 2.37 bits per heavy atom. The Labute approximate surface area is 224 Å². The average molecular weight is 538 g/mol. The third-order valence-electron chi connectivity index (χ3n) is 7.49. The van der Waals surface area contributed by atoms with Crippen LogP contribution in [0.3, 0.4) is 0 Å². The van der Waals surface area contributed by atoms with E-state index in [9.17, 15) is 13.2 Å². The fourth-order valence-electron chi connectivity index (χ4n) is 5.24. The summed E-state index contributed by atoms with van der Waals surface area (Å²) in [5.41, 5.74) is 3.26. The highest BCUT2D eigenvalue weighted by atomic mass is 32.2. The lowest BCUT2D eigenvalue weighted by atomic mass is 9.97. The van der Waals surface area contributed by atoms with Crippen LogP contribution in [0, 0.1) is 19.8 Å². The van der Waals surface area contributed by atoms with Crippen molar-refractivity contribution in [3.05, 3.63) is 59.5 Å². The molecule has 10 heteroatoms. The van der Waals surface area contributed by atoms with Crippen molar-refractivity contribution in [2.24, 2.45) is 5.92 Å². The van der Waals surface area contributed by atoms with Gasteiger partial charge in [0.1, 0.15) is 0 Å². The summed E-state index contributed by atoms with van der Waals surface area (Å²) >= 11 is 0. The molecular formula is C28H35N5O4S. The van der Waals surface area contributed by atoms with Crippen LogP contribution in [0.5, 0.6) is 0 Å². The number of carbonyl (C=O) groups is 1. The molecule has 3 heterocycles. The van der Waals surface area contributed by atoms with Gasteiger partial charge >= 0.3 is 0 Å². The Morgan fingerprint density at radius 2 is 1.71 bits per heavy atom. The minimum atomic E-state index is -3.73. The van der Waals surface area contributed by atoms with Gasteiger partial charge in [-0.05, 0) is 75.0 Å². The quantitative estimate of drug-likeness (QED) is 0.476. The number of aryl methyl sites for hydroxylation is 2. The fraction of sp³-hybridized carbons (Fsp3) is 0.464. The highest BCUT2D eigenvalue weighted by Gasteiger charge is 2.33. The number of rotatable bonds is 7. The van der Waals surface area contributed by atoms with E-state index in [1.807, 2.05) is 12.1 Å². The Hall–Kier alpha value is -3.08. The highest BCUT2D eigenvalue weighted by molar-refractivity contribution is 7.89. The van der Waals surface area contributed by atoms with Crippen LogP contribution in [0.2, 0.25) is 0 Å². The lowest BCUT2D eigenvalue weighted by molar-refractivity contribution is -0.120. The van der Waals surface area contributed by atoms with Gasteiger partial charge in [0.2, 0.25) is 27.6 Å². The van der Waals surface area contributed by atoms with Gasteiger partial charge in [-0.25, -0.2) is 8.42 Å². The Bertz CT molecular complexity index is 1370. The van der Waals surface area contributed by atoms with Gasteiger partial charge in [-0.1, -0.05) is 35.8 Å². The van der Waals surface area contributed by atoms with Crippen molar-refractivity contribution < 1.29 is 17.7 Å². The van der Waals surface area contributed by atoms with Gasteiger partial charge in [-0.3, -0.25) is 9.69 Å². The molecule has 1 N–H and O–H groups in total. The molecule has 38 heavy (non-hydrogen) atoms. The minimum Gasteiger partial charge on any atom is -0.339 e. The van der Waals surface area contributed by atoms with Crippen molar-refractivity contribution in [3.63, 3.8) is 0 Å². The predicted octanol–water partition coefficient (Wildman–Crippen LogP) is 4.38. The van der Waals surface area contributed by atoms with Gasteiger partial charge in [-0.2, -0.15) is 9.29 Å². The second kappa shape index (κ2) is 11.3. The largest absolute Gasteiger partial charge is 0.339 e. The van der Waals surface area contributed by atoms with Crippen LogP contribution in [0.15, 0.2) is 51.9 Å². The number of sulfonamides is 1. The first-order chi connectivity index (χ1) is 18.3. The Kier molecular flexibility index (Phi) is 7.92. The molecule has 3 aromatic rings. The molecule has 9 nitrogen and oxygen atoms in total. The zero-order valence-electron chi connectivity index (χ0n) is 22.0. The van der Waals surface area contributed by atoms with Crippen molar-refractivity contribution in [3.8, 4) is 11.4 Å². The number of anilines is 1. The summed E-state index contributed by atoms with van der Waals surface area (Å²) < 4.78 is 33.5. The van der Waals surface area contributed by atoms with Gasteiger partial charge < -0.3 is 9.84 Å². The molecule has 2 fully saturated rings. The molecule has 0 unspecified atom stereocenters. The molecule has 2 saturated heterocycles. The molecule has 0 radical (unpaired) electrons. The summed E-state index contributed by atoms with van der Waals surface area (Å²) in [7, 11) is -3.73. The molecule has 0 aliphatic carbocycles. The van der Waals surface area contributed by atoms with Crippen LogP contribution in [0.1, 0.15) is 49.1 Å². The van der Waals surface area contributed by atoms with E-state index in [2.05, 4.69) is 32.5 Å². The van der Waals surface area contributed by atoms with Crippen molar-refractivity contribution in [2.75, 3.05) is 31.5 Å². The third-order valence-corrected chi connectivity index (χ3v) is 9.53. The first-order valence-corrected chi connectivity index (χ1v) is 14.8. The van der Waals surface area contributed by atoms with E-state index in [1.54, 1.807) is 32.0 Å². The number of amides is 1. The molecule has 0 spiro atoms. The highest BCUT2D eigenvalue weighted by Crippen LogP contribution is 2.29. The van der Waals surface area contributed by atoms with Crippen LogP contribution in [0.25, 0.3) is 11.4 Å². The normalized spacial score (nSPS) is 17.9. The first kappa shape index (κ1) is 26.5. The molecule has 1 aromatic heterocycles. The molecule has 0 bridgehead atoms. The summed E-state index contributed by atoms with van der Waals surface area (Å²) in [5.74, 6) is 0.480. The molecule has 202 valence electrons. The van der Waals surface area contributed by atoms with Crippen LogP contribution in [0.4, 0.5) is 5.69 Å². The minimum absolute atomic E-state index is 0.0588. The Balaban J connectivity index is 1.18. The second-order valence-electron chi connectivity index (χ2n) is 10.3. The van der Waals surface area contributed by atoms with Crippen molar-refractivity contribution in [2.45, 2.75) is 57.4 Å². The lowest BCUT2D eigenvalue weighted by Gasteiger charge is -2.31. The van der Waals surface area contributed by atoms with E-state index in [0.717, 1.165) is 25.3 Å². The van der Waals surface area contributed by atoms with Crippen LogP contribution >= 0.6 is 0 Å². The second-order valence-corrected chi connectivity index (χ2v) is 12.2.